The minimum absolute atomic E-state index is 0.139. The van der Waals surface area contributed by atoms with Crippen molar-refractivity contribution in [2.45, 2.75) is 0 Å². The van der Waals surface area contributed by atoms with Crippen LogP contribution in [0.15, 0.2) is 57.1 Å². The van der Waals surface area contributed by atoms with Crippen molar-refractivity contribution in [1.29, 1.82) is 0 Å². The molecule has 2 N–H and O–H groups in total. The summed E-state index contributed by atoms with van der Waals surface area (Å²) in [5, 5.41) is 17.7. The molecular formula is C13H11N5O4. The SMILES string of the molecule is O=C(NN=Cc1ccccc1)NN=Cc1ccc([N+](=O)[O-])o1. The molecule has 0 saturated heterocycles. The average Bonchev–Trinajstić information content (AvgIpc) is 2.97. The fraction of sp³-hybridized carbons (Fsp3) is 0. The van der Waals surface area contributed by atoms with Gasteiger partial charge in [0.05, 0.1) is 18.5 Å². The Bertz CT molecular complexity index is 708. The van der Waals surface area contributed by atoms with Gasteiger partial charge in [-0.1, -0.05) is 30.3 Å². The van der Waals surface area contributed by atoms with Crippen molar-refractivity contribution < 1.29 is 14.1 Å². The standard InChI is InChI=1S/C13H11N5O4/c19-13(16-14-8-10-4-2-1-3-5-10)17-15-9-11-6-7-12(22-11)18(20)21/h1-9H,(H2,16,17,19). The second-order valence-corrected chi connectivity index (χ2v) is 3.91. The summed E-state index contributed by atoms with van der Waals surface area (Å²) in [7, 11) is 0. The minimum atomic E-state index is -0.671. The quantitative estimate of drug-likeness (QED) is 0.497. The molecule has 9 heteroatoms. The van der Waals surface area contributed by atoms with Crippen LogP contribution < -0.4 is 10.9 Å². The Balaban J connectivity index is 1.78. The number of nitrogens with one attached hydrogen (secondary N) is 2. The van der Waals surface area contributed by atoms with Crippen LogP contribution in [0.2, 0.25) is 0 Å². The van der Waals surface area contributed by atoms with Crippen LogP contribution in [0.3, 0.4) is 0 Å². The van der Waals surface area contributed by atoms with E-state index in [4.69, 9.17) is 4.42 Å². The zero-order chi connectivity index (χ0) is 15.8. The Morgan fingerprint density at radius 3 is 2.41 bits per heavy atom. The van der Waals surface area contributed by atoms with Crippen LogP contribution in [-0.2, 0) is 0 Å². The number of rotatable bonds is 5. The summed E-state index contributed by atoms with van der Waals surface area (Å²) >= 11 is 0. The molecule has 0 atom stereocenters. The Morgan fingerprint density at radius 1 is 1.09 bits per heavy atom. The van der Waals surface area contributed by atoms with Crippen LogP contribution in [-0.4, -0.2) is 23.4 Å². The zero-order valence-electron chi connectivity index (χ0n) is 11.2. The second kappa shape index (κ2) is 7.33. The molecular weight excluding hydrogens is 290 g/mol. The molecule has 0 radical (unpaired) electrons. The Morgan fingerprint density at radius 2 is 1.77 bits per heavy atom. The lowest BCUT2D eigenvalue weighted by atomic mass is 10.2. The van der Waals surface area contributed by atoms with Gasteiger partial charge >= 0.3 is 11.9 Å². The fourth-order valence-electron chi connectivity index (χ4n) is 1.39. The number of urea groups is 1. The zero-order valence-corrected chi connectivity index (χ0v) is 11.2. The molecule has 0 aliphatic rings. The van der Waals surface area contributed by atoms with Crippen molar-refractivity contribution in [3.05, 3.63) is 63.9 Å². The lowest BCUT2D eigenvalue weighted by molar-refractivity contribution is -0.402. The Labute approximate surface area is 124 Å². The van der Waals surface area contributed by atoms with Crippen molar-refractivity contribution in [2.75, 3.05) is 0 Å². The highest BCUT2D eigenvalue weighted by atomic mass is 16.6. The van der Waals surface area contributed by atoms with Crippen LogP contribution in [0.25, 0.3) is 0 Å². The number of benzene rings is 1. The van der Waals surface area contributed by atoms with Gasteiger partial charge in [0, 0.05) is 0 Å². The number of nitrogens with zero attached hydrogens (tertiary/aromatic N) is 3. The summed E-state index contributed by atoms with van der Waals surface area (Å²) < 4.78 is 4.82. The first-order valence-corrected chi connectivity index (χ1v) is 6.06. The van der Waals surface area contributed by atoms with Crippen molar-refractivity contribution in [3.63, 3.8) is 0 Å². The third-order valence-corrected chi connectivity index (χ3v) is 2.33. The maximum absolute atomic E-state index is 11.3. The van der Waals surface area contributed by atoms with E-state index in [0.29, 0.717) is 0 Å². The molecule has 1 aromatic heterocycles. The van der Waals surface area contributed by atoms with E-state index in [1.807, 2.05) is 30.3 Å². The lowest BCUT2D eigenvalue weighted by Crippen LogP contribution is -2.28. The predicted molar refractivity (Wildman–Crippen MR) is 78.7 cm³/mol. The van der Waals surface area contributed by atoms with Gasteiger partial charge in [-0.25, -0.2) is 15.6 Å². The van der Waals surface area contributed by atoms with Crippen molar-refractivity contribution in [3.8, 4) is 0 Å². The molecule has 0 spiro atoms. The first-order chi connectivity index (χ1) is 10.6. The van der Waals surface area contributed by atoms with E-state index in [0.717, 1.165) is 11.8 Å². The van der Waals surface area contributed by atoms with E-state index in [1.54, 1.807) is 0 Å². The maximum Gasteiger partial charge on any atom is 0.433 e. The molecule has 2 rings (SSSR count). The number of carbonyl (C=O) groups excluding carboxylic acids is 1. The number of hydrazone groups is 2. The number of amides is 2. The normalized spacial score (nSPS) is 10.9. The number of furan rings is 1. The first kappa shape index (κ1) is 14.9. The minimum Gasteiger partial charge on any atom is -0.400 e. The molecule has 9 nitrogen and oxygen atoms in total. The van der Waals surface area contributed by atoms with E-state index >= 15 is 0 Å². The van der Waals surface area contributed by atoms with Gasteiger partial charge in [-0.15, -0.1) is 0 Å². The molecule has 0 aliphatic carbocycles. The number of hydrogen-bond acceptors (Lipinski definition) is 6. The van der Waals surface area contributed by atoms with Crippen LogP contribution in [0.5, 0.6) is 0 Å². The number of carbonyl (C=O) groups is 1. The summed E-state index contributed by atoms with van der Waals surface area (Å²) in [5.74, 6) is -0.266. The summed E-state index contributed by atoms with van der Waals surface area (Å²) in [5.41, 5.74) is 5.17. The van der Waals surface area contributed by atoms with Gasteiger partial charge in [-0.05, 0) is 11.6 Å². The molecule has 0 fully saturated rings. The highest BCUT2D eigenvalue weighted by Gasteiger charge is 2.10. The smallest absolute Gasteiger partial charge is 0.400 e. The maximum atomic E-state index is 11.3. The summed E-state index contributed by atoms with van der Waals surface area (Å²) in [4.78, 5) is 21.1. The van der Waals surface area contributed by atoms with E-state index in [9.17, 15) is 14.9 Å². The van der Waals surface area contributed by atoms with Gasteiger partial charge in [0.1, 0.15) is 4.92 Å². The molecule has 1 aromatic carbocycles. The van der Waals surface area contributed by atoms with Gasteiger partial charge < -0.3 is 4.42 Å². The van der Waals surface area contributed by atoms with Crippen molar-refractivity contribution >= 4 is 24.3 Å². The van der Waals surface area contributed by atoms with E-state index < -0.39 is 16.8 Å². The molecule has 0 aliphatic heterocycles. The largest absolute Gasteiger partial charge is 0.433 e. The van der Waals surface area contributed by atoms with Gasteiger partial charge in [-0.2, -0.15) is 10.2 Å². The Kier molecular flexibility index (Phi) is 4.97. The van der Waals surface area contributed by atoms with Crippen LogP contribution >= 0.6 is 0 Å². The third-order valence-electron chi connectivity index (χ3n) is 2.33. The van der Waals surface area contributed by atoms with Crippen LogP contribution in [0.1, 0.15) is 11.3 Å². The van der Waals surface area contributed by atoms with E-state index in [1.165, 1.54) is 18.3 Å². The van der Waals surface area contributed by atoms with Crippen molar-refractivity contribution in [1.82, 2.24) is 10.9 Å². The lowest BCUT2D eigenvalue weighted by Gasteiger charge is -1.96. The second-order valence-electron chi connectivity index (χ2n) is 3.91. The first-order valence-electron chi connectivity index (χ1n) is 6.06. The molecule has 112 valence electrons. The monoisotopic (exact) mass is 301 g/mol. The molecule has 1 heterocycles. The van der Waals surface area contributed by atoms with Crippen molar-refractivity contribution in [2.24, 2.45) is 10.2 Å². The summed E-state index contributed by atoms with van der Waals surface area (Å²) in [6, 6.07) is 11.1. The van der Waals surface area contributed by atoms with Gasteiger partial charge in [0.2, 0.25) is 0 Å². The molecule has 0 bridgehead atoms. The van der Waals surface area contributed by atoms with Gasteiger partial charge in [-0.3, -0.25) is 10.1 Å². The summed E-state index contributed by atoms with van der Waals surface area (Å²) in [6.07, 6.45) is 2.60. The average molecular weight is 301 g/mol. The fourth-order valence-corrected chi connectivity index (χ4v) is 1.39. The van der Waals surface area contributed by atoms with Crippen LogP contribution in [0, 0.1) is 10.1 Å². The molecule has 0 unspecified atom stereocenters. The van der Waals surface area contributed by atoms with E-state index in [2.05, 4.69) is 21.1 Å². The molecule has 22 heavy (non-hydrogen) atoms. The molecule has 0 saturated carbocycles. The van der Waals surface area contributed by atoms with Gasteiger partial charge in [0.15, 0.2) is 5.76 Å². The topological polar surface area (TPSA) is 122 Å². The highest BCUT2D eigenvalue weighted by Crippen LogP contribution is 2.13. The highest BCUT2D eigenvalue weighted by molar-refractivity contribution is 5.82. The molecule has 2 amide bonds. The van der Waals surface area contributed by atoms with Crippen LogP contribution in [0.4, 0.5) is 10.7 Å². The van der Waals surface area contributed by atoms with E-state index in [-0.39, 0.29) is 5.76 Å². The van der Waals surface area contributed by atoms with Gasteiger partial charge in [0.25, 0.3) is 0 Å². The number of nitro groups is 1. The Hall–Kier alpha value is -3.49. The summed E-state index contributed by atoms with van der Waals surface area (Å²) in [6.45, 7) is 0. The third kappa shape index (κ3) is 4.56. The predicted octanol–water partition coefficient (Wildman–Crippen LogP) is 1.85. The number of hydrogen-bond donors (Lipinski definition) is 2. The molecule has 2 aromatic rings.